The molecule has 27 heavy (non-hydrogen) atoms. The van der Waals surface area contributed by atoms with Crippen LogP contribution in [0.5, 0.6) is 0 Å². The van der Waals surface area contributed by atoms with E-state index in [0.29, 0.717) is 13.0 Å². The van der Waals surface area contributed by atoms with E-state index >= 15 is 0 Å². The van der Waals surface area contributed by atoms with Gasteiger partial charge in [-0.2, -0.15) is 0 Å². The summed E-state index contributed by atoms with van der Waals surface area (Å²) in [4.78, 5) is 27.8. The molecule has 1 aliphatic rings. The maximum Gasteiger partial charge on any atom is 0.224 e. The van der Waals surface area contributed by atoms with Gasteiger partial charge < -0.3 is 20.4 Å². The highest BCUT2D eigenvalue weighted by Crippen LogP contribution is 2.17. The highest BCUT2D eigenvalue weighted by atomic mass is 16.2. The minimum atomic E-state index is -0.100. The van der Waals surface area contributed by atoms with Crippen LogP contribution < -0.4 is 15.5 Å². The molecule has 0 bridgehead atoms. The minimum Gasteiger partial charge on any atom is -0.384 e. The molecular weight excluding hydrogens is 340 g/mol. The quantitative estimate of drug-likeness (QED) is 0.825. The van der Waals surface area contributed by atoms with Crippen molar-refractivity contribution in [3.05, 3.63) is 54.6 Å². The second kappa shape index (κ2) is 9.07. The topological polar surface area (TPSA) is 64.7 Å². The summed E-state index contributed by atoms with van der Waals surface area (Å²) in [6, 6.07) is 17.8. The fraction of sp³-hybridized carbons (Fsp3) is 0.333. The van der Waals surface area contributed by atoms with Crippen molar-refractivity contribution in [3.8, 4) is 0 Å². The molecule has 6 nitrogen and oxygen atoms in total. The van der Waals surface area contributed by atoms with E-state index in [-0.39, 0.29) is 11.8 Å². The van der Waals surface area contributed by atoms with E-state index in [1.807, 2.05) is 47.4 Å². The third kappa shape index (κ3) is 5.48. The maximum atomic E-state index is 12.5. The molecule has 0 spiro atoms. The molecule has 1 saturated heterocycles. The number of piperazine rings is 1. The van der Waals surface area contributed by atoms with Crippen molar-refractivity contribution >= 4 is 28.9 Å². The van der Waals surface area contributed by atoms with Gasteiger partial charge in [0.05, 0.1) is 0 Å². The Bertz CT molecular complexity index is 771. The monoisotopic (exact) mass is 366 g/mol. The van der Waals surface area contributed by atoms with Crippen LogP contribution in [0.15, 0.2) is 54.6 Å². The molecule has 1 heterocycles. The lowest BCUT2D eigenvalue weighted by molar-refractivity contribution is -0.131. The highest BCUT2D eigenvalue weighted by molar-refractivity contribution is 5.89. The second-order valence-electron chi connectivity index (χ2n) is 6.64. The van der Waals surface area contributed by atoms with Gasteiger partial charge in [0.2, 0.25) is 11.8 Å². The summed E-state index contributed by atoms with van der Waals surface area (Å²) in [7, 11) is 0. The SMILES string of the molecule is CC(=O)Nc1cccc(NCCC(=O)N2CCN(c3ccccc3)CC2)c1. The molecule has 0 unspecified atom stereocenters. The largest absolute Gasteiger partial charge is 0.384 e. The Balaban J connectivity index is 1.42. The Labute approximate surface area is 160 Å². The van der Waals surface area contributed by atoms with Gasteiger partial charge in [0.25, 0.3) is 0 Å². The van der Waals surface area contributed by atoms with Crippen LogP contribution in [0.2, 0.25) is 0 Å². The van der Waals surface area contributed by atoms with Crippen LogP contribution in [0.4, 0.5) is 17.1 Å². The Morgan fingerprint density at radius 2 is 1.63 bits per heavy atom. The fourth-order valence-electron chi connectivity index (χ4n) is 3.23. The fourth-order valence-corrected chi connectivity index (χ4v) is 3.23. The predicted molar refractivity (Wildman–Crippen MR) is 109 cm³/mol. The Kier molecular flexibility index (Phi) is 6.30. The van der Waals surface area contributed by atoms with E-state index in [1.54, 1.807) is 0 Å². The first kappa shape index (κ1) is 18.8. The number of rotatable bonds is 6. The van der Waals surface area contributed by atoms with Gasteiger partial charge in [0, 0.05) is 63.1 Å². The molecule has 0 saturated carbocycles. The number of anilines is 3. The van der Waals surface area contributed by atoms with Crippen molar-refractivity contribution in [3.63, 3.8) is 0 Å². The highest BCUT2D eigenvalue weighted by Gasteiger charge is 2.20. The molecule has 0 radical (unpaired) electrons. The van der Waals surface area contributed by atoms with Crippen LogP contribution in [-0.4, -0.2) is 49.4 Å². The summed E-state index contributed by atoms with van der Waals surface area (Å²) < 4.78 is 0. The van der Waals surface area contributed by atoms with Crippen LogP contribution in [0.1, 0.15) is 13.3 Å². The van der Waals surface area contributed by atoms with Crippen molar-refractivity contribution in [2.45, 2.75) is 13.3 Å². The van der Waals surface area contributed by atoms with Crippen molar-refractivity contribution in [1.82, 2.24) is 4.90 Å². The first-order chi connectivity index (χ1) is 13.1. The molecule has 1 aliphatic heterocycles. The van der Waals surface area contributed by atoms with Gasteiger partial charge in [-0.25, -0.2) is 0 Å². The molecule has 2 aromatic carbocycles. The Hall–Kier alpha value is -3.02. The lowest BCUT2D eigenvalue weighted by Gasteiger charge is -2.36. The zero-order valence-corrected chi connectivity index (χ0v) is 15.6. The molecule has 1 fully saturated rings. The second-order valence-corrected chi connectivity index (χ2v) is 6.64. The summed E-state index contributed by atoms with van der Waals surface area (Å²) in [6.45, 7) is 5.29. The van der Waals surface area contributed by atoms with Crippen LogP contribution in [0.25, 0.3) is 0 Å². The van der Waals surface area contributed by atoms with Gasteiger partial charge in [-0.15, -0.1) is 0 Å². The molecule has 6 heteroatoms. The Morgan fingerprint density at radius 1 is 0.926 bits per heavy atom. The number of hydrogen-bond acceptors (Lipinski definition) is 4. The van der Waals surface area contributed by atoms with Crippen molar-refractivity contribution in [2.75, 3.05) is 48.3 Å². The van der Waals surface area contributed by atoms with E-state index in [1.165, 1.54) is 12.6 Å². The van der Waals surface area contributed by atoms with Gasteiger partial charge in [0.1, 0.15) is 0 Å². The standard InChI is InChI=1S/C21H26N4O2/c1-17(26)23-19-7-5-6-18(16-19)22-11-10-21(27)25-14-12-24(13-15-25)20-8-3-2-4-9-20/h2-9,16,22H,10-15H2,1H3,(H,23,26). The van der Waals surface area contributed by atoms with Crippen LogP contribution >= 0.6 is 0 Å². The first-order valence-electron chi connectivity index (χ1n) is 9.31. The molecular formula is C21H26N4O2. The average molecular weight is 366 g/mol. The van der Waals surface area contributed by atoms with Crippen LogP contribution in [-0.2, 0) is 9.59 Å². The zero-order valence-electron chi connectivity index (χ0n) is 15.6. The third-order valence-corrected chi connectivity index (χ3v) is 4.60. The first-order valence-corrected chi connectivity index (χ1v) is 9.31. The van der Waals surface area contributed by atoms with E-state index in [4.69, 9.17) is 0 Å². The van der Waals surface area contributed by atoms with E-state index in [0.717, 1.165) is 37.6 Å². The van der Waals surface area contributed by atoms with Crippen molar-refractivity contribution in [2.24, 2.45) is 0 Å². The van der Waals surface area contributed by atoms with Crippen molar-refractivity contribution < 1.29 is 9.59 Å². The molecule has 0 aromatic heterocycles. The van der Waals surface area contributed by atoms with Crippen LogP contribution in [0, 0.1) is 0 Å². The lowest BCUT2D eigenvalue weighted by Crippen LogP contribution is -2.49. The van der Waals surface area contributed by atoms with Gasteiger partial charge in [-0.05, 0) is 30.3 Å². The smallest absolute Gasteiger partial charge is 0.224 e. The van der Waals surface area contributed by atoms with E-state index < -0.39 is 0 Å². The molecule has 3 rings (SSSR count). The summed E-state index contributed by atoms with van der Waals surface area (Å²) in [5.41, 5.74) is 2.85. The maximum absolute atomic E-state index is 12.5. The number of para-hydroxylation sites is 1. The molecule has 2 amide bonds. The number of carbonyl (C=O) groups is 2. The summed E-state index contributed by atoms with van der Waals surface area (Å²) in [5.74, 6) is 0.0743. The van der Waals surface area contributed by atoms with Gasteiger partial charge in [-0.3, -0.25) is 9.59 Å². The number of hydrogen-bond donors (Lipinski definition) is 2. The normalized spacial score (nSPS) is 14.0. The summed E-state index contributed by atoms with van der Waals surface area (Å²) in [6.07, 6.45) is 0.454. The number of carbonyl (C=O) groups excluding carboxylic acids is 2. The van der Waals surface area contributed by atoms with E-state index in [9.17, 15) is 9.59 Å². The van der Waals surface area contributed by atoms with Crippen molar-refractivity contribution in [1.29, 1.82) is 0 Å². The molecule has 2 N–H and O–H groups in total. The van der Waals surface area contributed by atoms with Crippen LogP contribution in [0.3, 0.4) is 0 Å². The number of amides is 2. The minimum absolute atomic E-state index is 0.100. The third-order valence-electron chi connectivity index (χ3n) is 4.60. The number of nitrogens with one attached hydrogen (secondary N) is 2. The molecule has 2 aromatic rings. The number of nitrogens with zero attached hydrogens (tertiary/aromatic N) is 2. The molecule has 0 aliphatic carbocycles. The molecule has 142 valence electrons. The predicted octanol–water partition coefficient (Wildman–Crippen LogP) is 2.80. The number of benzene rings is 2. The summed E-state index contributed by atoms with van der Waals surface area (Å²) in [5, 5.41) is 6.01. The van der Waals surface area contributed by atoms with Gasteiger partial charge in [-0.1, -0.05) is 24.3 Å². The van der Waals surface area contributed by atoms with Gasteiger partial charge in [0.15, 0.2) is 0 Å². The van der Waals surface area contributed by atoms with E-state index in [2.05, 4.69) is 27.7 Å². The summed E-state index contributed by atoms with van der Waals surface area (Å²) >= 11 is 0. The lowest BCUT2D eigenvalue weighted by atomic mass is 10.2. The zero-order chi connectivity index (χ0) is 19.1. The van der Waals surface area contributed by atoms with Gasteiger partial charge >= 0.3 is 0 Å². The average Bonchev–Trinajstić information content (AvgIpc) is 2.68. The molecule has 0 atom stereocenters. The Morgan fingerprint density at radius 3 is 2.33 bits per heavy atom.